The molecule has 3 aromatic rings. The number of hydrogen-bond acceptors (Lipinski definition) is 8. The maximum Gasteiger partial charge on any atom is 0.271 e. The molecule has 11 nitrogen and oxygen atoms in total. The molecule has 0 atom stereocenters. The standard InChI is InChI=1S/C24H28N6O5S/c1-15(2)17-6-9-19(10-7-17)35-13-22(31)25-12-21-27-28-24(29(21)4)36-14-23(32)26-20-11-18(30(33)34)8-5-16(20)3/h5-11,15H,12-14H2,1-4H3,(H,25,31)(H,26,32). The van der Waals surface area contributed by atoms with E-state index >= 15 is 0 Å². The van der Waals surface area contributed by atoms with Crippen molar-refractivity contribution in [2.24, 2.45) is 7.05 Å². The number of non-ortho nitro benzene ring substituents is 1. The first-order valence-corrected chi connectivity index (χ1v) is 12.2. The lowest BCUT2D eigenvalue weighted by atomic mass is 10.0. The molecule has 0 aliphatic carbocycles. The maximum absolute atomic E-state index is 12.4. The molecule has 0 aliphatic rings. The third-order valence-corrected chi connectivity index (χ3v) is 6.34. The number of aromatic nitrogens is 3. The molecule has 190 valence electrons. The molecular weight excluding hydrogens is 484 g/mol. The predicted molar refractivity (Wildman–Crippen MR) is 136 cm³/mol. The molecule has 0 saturated carbocycles. The van der Waals surface area contributed by atoms with Crippen molar-refractivity contribution in [1.82, 2.24) is 20.1 Å². The molecule has 0 unspecified atom stereocenters. The number of hydrogen-bond donors (Lipinski definition) is 2. The summed E-state index contributed by atoms with van der Waals surface area (Å²) in [5, 5.41) is 25.0. The van der Waals surface area contributed by atoms with Crippen LogP contribution in [0.1, 0.15) is 36.7 Å². The number of aryl methyl sites for hydroxylation is 1. The van der Waals surface area contributed by atoms with Crippen LogP contribution in [0.2, 0.25) is 0 Å². The third kappa shape index (κ3) is 7.28. The van der Waals surface area contributed by atoms with Gasteiger partial charge in [0, 0.05) is 19.2 Å². The molecule has 2 N–H and O–H groups in total. The monoisotopic (exact) mass is 512 g/mol. The topological polar surface area (TPSA) is 141 Å². The summed E-state index contributed by atoms with van der Waals surface area (Å²) in [7, 11) is 1.74. The Bertz CT molecular complexity index is 1240. The highest BCUT2D eigenvalue weighted by Crippen LogP contribution is 2.23. The minimum Gasteiger partial charge on any atom is -0.484 e. The zero-order chi connectivity index (χ0) is 26.2. The number of nitro groups is 1. The van der Waals surface area contributed by atoms with Crippen molar-refractivity contribution >= 4 is 35.0 Å². The Morgan fingerprint density at radius 3 is 2.53 bits per heavy atom. The maximum atomic E-state index is 12.4. The van der Waals surface area contributed by atoms with Crippen LogP contribution in [0.4, 0.5) is 11.4 Å². The Balaban J connectivity index is 1.46. The van der Waals surface area contributed by atoms with E-state index in [1.54, 1.807) is 24.6 Å². The van der Waals surface area contributed by atoms with Crippen LogP contribution in [0.5, 0.6) is 5.75 Å². The number of nitro benzene ring substituents is 1. The van der Waals surface area contributed by atoms with Gasteiger partial charge >= 0.3 is 0 Å². The van der Waals surface area contributed by atoms with E-state index in [-0.39, 0.29) is 36.4 Å². The summed E-state index contributed by atoms with van der Waals surface area (Å²) in [6, 6.07) is 11.9. The fourth-order valence-electron chi connectivity index (χ4n) is 3.13. The summed E-state index contributed by atoms with van der Waals surface area (Å²) in [6.07, 6.45) is 0. The highest BCUT2D eigenvalue weighted by molar-refractivity contribution is 7.99. The quantitative estimate of drug-likeness (QED) is 0.226. The SMILES string of the molecule is Cc1ccc([N+](=O)[O-])cc1NC(=O)CSc1nnc(CNC(=O)COc2ccc(C(C)C)cc2)n1C. The van der Waals surface area contributed by atoms with Gasteiger partial charge in [-0.1, -0.05) is 43.8 Å². The van der Waals surface area contributed by atoms with E-state index in [0.29, 0.717) is 33.9 Å². The molecule has 2 aromatic carbocycles. The average molecular weight is 513 g/mol. The fourth-order valence-corrected chi connectivity index (χ4v) is 3.86. The Morgan fingerprint density at radius 2 is 1.86 bits per heavy atom. The minimum atomic E-state index is -0.514. The van der Waals surface area contributed by atoms with Crippen LogP contribution in [0.15, 0.2) is 47.6 Å². The summed E-state index contributed by atoms with van der Waals surface area (Å²) >= 11 is 1.16. The smallest absolute Gasteiger partial charge is 0.271 e. The lowest BCUT2D eigenvalue weighted by Gasteiger charge is -2.10. The Labute approximate surface area is 212 Å². The number of amides is 2. The van der Waals surface area contributed by atoms with E-state index in [1.807, 2.05) is 24.3 Å². The van der Waals surface area contributed by atoms with Crippen molar-refractivity contribution in [2.45, 2.75) is 38.4 Å². The van der Waals surface area contributed by atoms with Gasteiger partial charge in [-0.15, -0.1) is 10.2 Å². The lowest BCUT2D eigenvalue weighted by molar-refractivity contribution is -0.384. The largest absolute Gasteiger partial charge is 0.484 e. The summed E-state index contributed by atoms with van der Waals surface area (Å²) in [4.78, 5) is 35.0. The second kappa shape index (κ2) is 12.2. The third-order valence-electron chi connectivity index (χ3n) is 5.32. The highest BCUT2D eigenvalue weighted by Gasteiger charge is 2.15. The number of carbonyl (C=O) groups is 2. The molecule has 3 rings (SSSR count). The first-order valence-electron chi connectivity index (χ1n) is 11.2. The van der Waals surface area contributed by atoms with Crippen molar-refractivity contribution < 1.29 is 19.2 Å². The summed E-state index contributed by atoms with van der Waals surface area (Å²) in [6.45, 7) is 5.99. The van der Waals surface area contributed by atoms with Crippen molar-refractivity contribution in [2.75, 3.05) is 17.7 Å². The Kier molecular flexibility index (Phi) is 9.01. The molecule has 36 heavy (non-hydrogen) atoms. The molecule has 0 saturated heterocycles. The molecule has 1 aromatic heterocycles. The number of carbonyl (C=O) groups excluding carboxylic acids is 2. The normalized spacial score (nSPS) is 10.8. The van der Waals surface area contributed by atoms with Crippen LogP contribution in [0.25, 0.3) is 0 Å². The van der Waals surface area contributed by atoms with Crippen LogP contribution in [-0.2, 0) is 23.2 Å². The van der Waals surface area contributed by atoms with E-state index in [2.05, 4.69) is 34.7 Å². The van der Waals surface area contributed by atoms with Crippen molar-refractivity contribution in [1.29, 1.82) is 0 Å². The van der Waals surface area contributed by atoms with E-state index in [9.17, 15) is 19.7 Å². The average Bonchev–Trinajstić information content (AvgIpc) is 3.20. The second-order valence-corrected chi connectivity index (χ2v) is 9.28. The number of nitrogens with one attached hydrogen (secondary N) is 2. The summed E-state index contributed by atoms with van der Waals surface area (Å²) in [5.41, 5.74) is 2.19. The molecule has 1 heterocycles. The number of nitrogens with zero attached hydrogens (tertiary/aromatic N) is 4. The van der Waals surface area contributed by atoms with Gasteiger partial charge in [-0.25, -0.2) is 0 Å². The van der Waals surface area contributed by atoms with Gasteiger partial charge in [-0.2, -0.15) is 0 Å². The van der Waals surface area contributed by atoms with Crippen LogP contribution in [-0.4, -0.2) is 43.9 Å². The van der Waals surface area contributed by atoms with Gasteiger partial charge in [-0.05, 0) is 36.1 Å². The summed E-state index contributed by atoms with van der Waals surface area (Å²) in [5.74, 6) is 0.951. The zero-order valence-corrected chi connectivity index (χ0v) is 21.3. The van der Waals surface area contributed by atoms with E-state index in [1.165, 1.54) is 17.7 Å². The number of benzene rings is 2. The minimum absolute atomic E-state index is 0.0317. The van der Waals surface area contributed by atoms with Gasteiger partial charge < -0.3 is 19.9 Å². The van der Waals surface area contributed by atoms with Crippen molar-refractivity contribution in [3.63, 3.8) is 0 Å². The number of anilines is 1. The van der Waals surface area contributed by atoms with Crippen LogP contribution < -0.4 is 15.4 Å². The molecule has 2 amide bonds. The molecular formula is C24H28N6O5S. The van der Waals surface area contributed by atoms with Gasteiger partial charge in [0.25, 0.3) is 11.6 Å². The Morgan fingerprint density at radius 1 is 1.14 bits per heavy atom. The molecule has 0 bridgehead atoms. The van der Waals surface area contributed by atoms with E-state index in [4.69, 9.17) is 4.74 Å². The molecule has 0 fully saturated rings. The first-order chi connectivity index (χ1) is 17.1. The van der Waals surface area contributed by atoms with Gasteiger partial charge in [0.05, 0.1) is 22.9 Å². The number of ether oxygens (including phenoxy) is 1. The molecule has 12 heteroatoms. The highest BCUT2D eigenvalue weighted by atomic mass is 32.2. The van der Waals surface area contributed by atoms with Gasteiger partial charge in [0.15, 0.2) is 17.6 Å². The molecule has 0 aliphatic heterocycles. The number of rotatable bonds is 11. The van der Waals surface area contributed by atoms with Gasteiger partial charge in [-0.3, -0.25) is 19.7 Å². The number of thioether (sulfide) groups is 1. The van der Waals surface area contributed by atoms with Crippen LogP contribution >= 0.6 is 11.8 Å². The first kappa shape index (κ1) is 26.7. The van der Waals surface area contributed by atoms with E-state index < -0.39 is 4.92 Å². The lowest BCUT2D eigenvalue weighted by Crippen LogP contribution is -2.29. The van der Waals surface area contributed by atoms with Gasteiger partial charge in [0.2, 0.25) is 5.91 Å². The molecule has 0 spiro atoms. The predicted octanol–water partition coefficient (Wildman–Crippen LogP) is 3.58. The van der Waals surface area contributed by atoms with Crippen molar-refractivity contribution in [3.05, 3.63) is 69.5 Å². The zero-order valence-electron chi connectivity index (χ0n) is 20.5. The van der Waals surface area contributed by atoms with Crippen molar-refractivity contribution in [3.8, 4) is 5.75 Å². The summed E-state index contributed by atoms with van der Waals surface area (Å²) < 4.78 is 7.21. The second-order valence-electron chi connectivity index (χ2n) is 8.34. The van der Waals surface area contributed by atoms with Gasteiger partial charge in [0.1, 0.15) is 5.75 Å². The van der Waals surface area contributed by atoms with Crippen LogP contribution in [0.3, 0.4) is 0 Å². The van der Waals surface area contributed by atoms with E-state index in [0.717, 1.165) is 11.8 Å². The molecule has 0 radical (unpaired) electrons. The Hall–Kier alpha value is -3.93. The van der Waals surface area contributed by atoms with Crippen LogP contribution in [0, 0.1) is 17.0 Å². The fraction of sp³-hybridized carbons (Fsp3) is 0.333.